The van der Waals surface area contributed by atoms with Gasteiger partial charge in [0.15, 0.2) is 0 Å². The molecule has 1 aliphatic carbocycles. The van der Waals surface area contributed by atoms with Gasteiger partial charge in [0, 0.05) is 0 Å². The van der Waals surface area contributed by atoms with Gasteiger partial charge in [0.05, 0.1) is 0 Å². The van der Waals surface area contributed by atoms with Crippen LogP contribution in [-0.4, -0.2) is 0 Å². The molecule has 1 aliphatic rings. The Labute approximate surface area is 103 Å². The first-order valence-electron chi connectivity index (χ1n) is 7.75. The summed E-state index contributed by atoms with van der Waals surface area (Å²) < 4.78 is 0. The Bertz CT molecular complexity index is 161. The first kappa shape index (κ1) is 14.1. The van der Waals surface area contributed by atoms with E-state index < -0.39 is 0 Å². The average Bonchev–Trinajstić information content (AvgIpc) is 2.59. The third-order valence-corrected chi connectivity index (χ3v) is 4.81. The molecule has 0 heterocycles. The van der Waals surface area contributed by atoms with Gasteiger partial charge in [0.25, 0.3) is 0 Å². The molecule has 1 saturated carbocycles. The molecule has 0 aromatic rings. The van der Waals surface area contributed by atoms with E-state index >= 15 is 0 Å². The van der Waals surface area contributed by atoms with Crippen molar-refractivity contribution in [2.45, 2.75) is 85.0 Å². The lowest BCUT2D eigenvalue weighted by atomic mass is 9.88. The van der Waals surface area contributed by atoms with Crippen molar-refractivity contribution in [3.63, 3.8) is 0 Å². The fourth-order valence-electron chi connectivity index (χ4n) is 3.24. The normalized spacial score (nSPS) is 29.8. The number of rotatable bonds is 8. The molecule has 0 amide bonds. The molecule has 0 N–H and O–H groups in total. The van der Waals surface area contributed by atoms with Gasteiger partial charge >= 0.3 is 0 Å². The predicted molar refractivity (Wildman–Crippen MR) is 73.7 cm³/mol. The first-order valence-corrected chi connectivity index (χ1v) is 7.75. The topological polar surface area (TPSA) is 0 Å². The summed E-state index contributed by atoms with van der Waals surface area (Å²) in [4.78, 5) is 0. The lowest BCUT2D eigenvalue weighted by Crippen LogP contribution is -2.08. The molecule has 0 aromatic heterocycles. The molecule has 0 saturated heterocycles. The van der Waals surface area contributed by atoms with E-state index in [1.807, 2.05) is 0 Å². The molecule has 1 rings (SSSR count). The minimum atomic E-state index is 0.995. The van der Waals surface area contributed by atoms with Crippen LogP contribution < -0.4 is 0 Å². The third-order valence-electron chi connectivity index (χ3n) is 4.81. The Morgan fingerprint density at radius 1 is 0.812 bits per heavy atom. The maximum Gasteiger partial charge on any atom is -0.0386 e. The average molecular weight is 224 g/mol. The second kappa shape index (κ2) is 8.14. The summed E-state index contributed by atoms with van der Waals surface area (Å²) >= 11 is 0. The minimum Gasteiger partial charge on any atom is -0.0654 e. The van der Waals surface area contributed by atoms with Crippen molar-refractivity contribution in [1.29, 1.82) is 0 Å². The molecule has 0 aliphatic heterocycles. The Balaban J connectivity index is 1.91. The summed E-state index contributed by atoms with van der Waals surface area (Å²) in [7, 11) is 0. The maximum atomic E-state index is 2.48. The van der Waals surface area contributed by atoms with Crippen molar-refractivity contribution >= 4 is 0 Å². The van der Waals surface area contributed by atoms with Gasteiger partial charge in [-0.25, -0.2) is 0 Å². The van der Waals surface area contributed by atoms with Crippen molar-refractivity contribution in [3.05, 3.63) is 0 Å². The summed E-state index contributed by atoms with van der Waals surface area (Å²) in [5.41, 5.74) is 0. The van der Waals surface area contributed by atoms with Crippen molar-refractivity contribution in [2.24, 2.45) is 17.8 Å². The Morgan fingerprint density at radius 2 is 1.44 bits per heavy atom. The van der Waals surface area contributed by atoms with Crippen LogP contribution in [0.5, 0.6) is 0 Å². The minimum absolute atomic E-state index is 0.995. The Morgan fingerprint density at radius 3 is 2.00 bits per heavy atom. The zero-order valence-corrected chi connectivity index (χ0v) is 11.8. The SMILES string of the molecule is CCCCCCCCCC1CCC(C)C1C. The van der Waals surface area contributed by atoms with Gasteiger partial charge in [-0.2, -0.15) is 0 Å². The summed E-state index contributed by atoms with van der Waals surface area (Å²) in [6.45, 7) is 7.21. The molecular weight excluding hydrogens is 192 g/mol. The van der Waals surface area contributed by atoms with Crippen LogP contribution in [0.2, 0.25) is 0 Å². The van der Waals surface area contributed by atoms with E-state index in [2.05, 4.69) is 20.8 Å². The highest BCUT2D eigenvalue weighted by molar-refractivity contribution is 4.79. The standard InChI is InChI=1S/C16H32/c1-4-5-6-7-8-9-10-11-16-13-12-14(2)15(16)3/h14-16H,4-13H2,1-3H3. The van der Waals surface area contributed by atoms with Crippen LogP contribution in [0.1, 0.15) is 85.0 Å². The Kier molecular flexibility index (Phi) is 7.16. The molecule has 1 fully saturated rings. The highest BCUT2D eigenvalue weighted by atomic mass is 14.3. The van der Waals surface area contributed by atoms with Gasteiger partial charge in [0.1, 0.15) is 0 Å². The summed E-state index contributed by atoms with van der Waals surface area (Å²) in [6.07, 6.45) is 14.7. The van der Waals surface area contributed by atoms with Crippen molar-refractivity contribution < 1.29 is 0 Å². The van der Waals surface area contributed by atoms with E-state index in [1.54, 1.807) is 0 Å². The van der Waals surface area contributed by atoms with Crippen LogP contribution in [0.15, 0.2) is 0 Å². The number of hydrogen-bond acceptors (Lipinski definition) is 0. The van der Waals surface area contributed by atoms with Gasteiger partial charge in [0.2, 0.25) is 0 Å². The van der Waals surface area contributed by atoms with Crippen LogP contribution in [0, 0.1) is 17.8 Å². The highest BCUT2D eigenvalue weighted by Crippen LogP contribution is 2.39. The van der Waals surface area contributed by atoms with E-state index in [1.165, 1.54) is 64.2 Å². The maximum absolute atomic E-state index is 2.48. The van der Waals surface area contributed by atoms with Crippen LogP contribution in [-0.2, 0) is 0 Å². The monoisotopic (exact) mass is 224 g/mol. The van der Waals surface area contributed by atoms with Gasteiger partial charge in [-0.15, -0.1) is 0 Å². The molecular formula is C16H32. The van der Waals surface area contributed by atoms with E-state index in [0.717, 1.165) is 17.8 Å². The predicted octanol–water partition coefficient (Wildman–Crippen LogP) is 5.81. The molecule has 16 heavy (non-hydrogen) atoms. The second-order valence-corrected chi connectivity index (χ2v) is 6.08. The molecule has 0 spiro atoms. The summed E-state index contributed by atoms with van der Waals surface area (Å²) in [5, 5.41) is 0. The molecule has 0 nitrogen and oxygen atoms in total. The lowest BCUT2D eigenvalue weighted by Gasteiger charge is -2.17. The van der Waals surface area contributed by atoms with E-state index in [4.69, 9.17) is 0 Å². The molecule has 0 aromatic carbocycles. The third kappa shape index (κ3) is 4.89. The van der Waals surface area contributed by atoms with Crippen molar-refractivity contribution in [1.82, 2.24) is 0 Å². The quantitative estimate of drug-likeness (QED) is 0.456. The van der Waals surface area contributed by atoms with Crippen LogP contribution in [0.4, 0.5) is 0 Å². The largest absolute Gasteiger partial charge is 0.0654 e. The molecule has 3 unspecified atom stereocenters. The molecule has 3 atom stereocenters. The molecule has 96 valence electrons. The van der Waals surface area contributed by atoms with Gasteiger partial charge in [-0.1, -0.05) is 78.6 Å². The smallest absolute Gasteiger partial charge is 0.0386 e. The zero-order valence-electron chi connectivity index (χ0n) is 11.8. The molecule has 0 heteroatoms. The van der Waals surface area contributed by atoms with E-state index in [-0.39, 0.29) is 0 Å². The number of hydrogen-bond donors (Lipinski definition) is 0. The summed E-state index contributed by atoms with van der Waals surface area (Å²) in [5.74, 6) is 3.06. The van der Waals surface area contributed by atoms with Crippen LogP contribution in [0.3, 0.4) is 0 Å². The first-order chi connectivity index (χ1) is 7.75. The molecule has 0 bridgehead atoms. The van der Waals surface area contributed by atoms with Crippen molar-refractivity contribution in [2.75, 3.05) is 0 Å². The summed E-state index contributed by atoms with van der Waals surface area (Å²) in [6, 6.07) is 0. The zero-order chi connectivity index (χ0) is 11.8. The van der Waals surface area contributed by atoms with Crippen LogP contribution >= 0.6 is 0 Å². The van der Waals surface area contributed by atoms with Gasteiger partial charge < -0.3 is 0 Å². The fraction of sp³-hybridized carbons (Fsp3) is 1.00. The number of unbranched alkanes of at least 4 members (excludes halogenated alkanes) is 6. The van der Waals surface area contributed by atoms with Gasteiger partial charge in [-0.3, -0.25) is 0 Å². The van der Waals surface area contributed by atoms with Crippen molar-refractivity contribution in [3.8, 4) is 0 Å². The van der Waals surface area contributed by atoms with E-state index in [0.29, 0.717) is 0 Å². The highest BCUT2D eigenvalue weighted by Gasteiger charge is 2.28. The lowest BCUT2D eigenvalue weighted by molar-refractivity contribution is 0.329. The van der Waals surface area contributed by atoms with E-state index in [9.17, 15) is 0 Å². The Hall–Kier alpha value is 0. The van der Waals surface area contributed by atoms with Gasteiger partial charge in [-0.05, 0) is 24.2 Å². The fourth-order valence-corrected chi connectivity index (χ4v) is 3.24. The second-order valence-electron chi connectivity index (χ2n) is 6.08. The van der Waals surface area contributed by atoms with Crippen LogP contribution in [0.25, 0.3) is 0 Å². The molecule has 0 radical (unpaired) electrons.